The van der Waals surface area contributed by atoms with E-state index in [1.807, 2.05) is 0 Å². The third-order valence-corrected chi connectivity index (χ3v) is 2.94. The summed E-state index contributed by atoms with van der Waals surface area (Å²) in [4.78, 5) is 21.4. The van der Waals surface area contributed by atoms with Gasteiger partial charge in [-0.15, -0.1) is 0 Å². The summed E-state index contributed by atoms with van der Waals surface area (Å²) in [6.45, 7) is 2.93. The van der Waals surface area contributed by atoms with Gasteiger partial charge in [-0.25, -0.2) is 4.39 Å². The van der Waals surface area contributed by atoms with Crippen molar-refractivity contribution in [2.45, 2.75) is 20.3 Å². The van der Waals surface area contributed by atoms with Crippen molar-refractivity contribution in [1.82, 2.24) is 0 Å². The molecule has 0 bridgehead atoms. The smallest absolute Gasteiger partial charge is 0.307 e. The van der Waals surface area contributed by atoms with Gasteiger partial charge >= 0.3 is 5.69 Å². The van der Waals surface area contributed by atoms with Crippen LogP contribution in [-0.4, -0.2) is 10.8 Å². The van der Waals surface area contributed by atoms with E-state index in [2.05, 4.69) is 5.32 Å². The third kappa shape index (κ3) is 2.88. The minimum atomic E-state index is -1.41. The van der Waals surface area contributed by atoms with E-state index in [0.29, 0.717) is 12.1 Å². The van der Waals surface area contributed by atoms with E-state index in [-0.39, 0.29) is 6.42 Å². The van der Waals surface area contributed by atoms with Crippen LogP contribution in [0.4, 0.5) is 20.2 Å². The molecule has 0 saturated heterocycles. The van der Waals surface area contributed by atoms with Gasteiger partial charge in [0.1, 0.15) is 11.2 Å². The summed E-state index contributed by atoms with van der Waals surface area (Å²) in [7, 11) is 0. The van der Waals surface area contributed by atoms with E-state index in [0.717, 1.165) is 0 Å². The largest absolute Gasteiger partial charge is 0.322 e. The van der Waals surface area contributed by atoms with E-state index in [1.54, 1.807) is 13.0 Å². The van der Waals surface area contributed by atoms with Crippen molar-refractivity contribution in [2.75, 3.05) is 5.32 Å². The summed E-state index contributed by atoms with van der Waals surface area (Å²) in [6, 6.07) is 2.66. The van der Waals surface area contributed by atoms with Crippen LogP contribution in [0.25, 0.3) is 0 Å². The molecule has 1 aromatic rings. The Kier molecular flexibility index (Phi) is 4.34. The van der Waals surface area contributed by atoms with Gasteiger partial charge in [-0.05, 0) is 13.3 Å². The number of benzene rings is 1. The Balaban J connectivity index is 3.17. The number of hydrogen-bond donors (Lipinski definition) is 1. The Labute approximate surface area is 113 Å². The zero-order valence-electron chi connectivity index (χ0n) is 10.7. The summed E-state index contributed by atoms with van der Waals surface area (Å²) in [6.07, 6.45) is 0.167. The number of amides is 1. The molecule has 1 atom stereocenters. The van der Waals surface area contributed by atoms with E-state index in [1.165, 1.54) is 6.92 Å². The number of nitro benzene ring substituents is 1. The zero-order chi connectivity index (χ0) is 15.5. The van der Waals surface area contributed by atoms with Gasteiger partial charge in [0.05, 0.1) is 16.7 Å². The van der Waals surface area contributed by atoms with Gasteiger partial charge in [0.15, 0.2) is 0 Å². The SMILES string of the molecule is CCC(C)(C#N)C(=O)Nc1cc([N+](=O)[O-])c(F)cc1F. The molecule has 0 spiro atoms. The fourth-order valence-corrected chi connectivity index (χ4v) is 1.32. The number of anilines is 1. The Hall–Kier alpha value is -2.56. The third-order valence-electron chi connectivity index (χ3n) is 2.94. The molecule has 6 nitrogen and oxygen atoms in total. The van der Waals surface area contributed by atoms with Crippen molar-refractivity contribution >= 4 is 17.3 Å². The number of nitrogens with one attached hydrogen (secondary N) is 1. The lowest BCUT2D eigenvalue weighted by Gasteiger charge is -2.18. The quantitative estimate of drug-likeness (QED) is 0.678. The predicted molar refractivity (Wildman–Crippen MR) is 65.7 cm³/mol. The summed E-state index contributed by atoms with van der Waals surface area (Å²) in [5.41, 5.74) is -2.91. The Morgan fingerprint density at radius 2 is 2.10 bits per heavy atom. The van der Waals surface area contributed by atoms with Crippen molar-refractivity contribution in [3.63, 3.8) is 0 Å². The minimum Gasteiger partial charge on any atom is -0.322 e. The number of carbonyl (C=O) groups excluding carboxylic acids is 1. The second kappa shape index (κ2) is 5.61. The standard InChI is InChI=1S/C12H11F2N3O3/c1-3-12(2,6-15)11(18)16-9-5-10(17(19)20)8(14)4-7(9)13/h4-5H,3H2,1-2H3,(H,16,18). The summed E-state index contributed by atoms with van der Waals surface area (Å²) < 4.78 is 26.6. The number of rotatable bonds is 4. The molecule has 106 valence electrons. The number of nitro groups is 1. The van der Waals surface area contributed by atoms with Gasteiger partial charge in [-0.1, -0.05) is 6.92 Å². The Morgan fingerprint density at radius 1 is 1.50 bits per heavy atom. The zero-order valence-corrected chi connectivity index (χ0v) is 10.7. The maximum Gasteiger partial charge on any atom is 0.307 e. The molecule has 1 aromatic carbocycles. The fraction of sp³-hybridized carbons (Fsp3) is 0.333. The molecule has 0 aliphatic carbocycles. The number of nitrogens with zero attached hydrogens (tertiary/aromatic N) is 2. The first-order valence-electron chi connectivity index (χ1n) is 5.61. The number of carbonyl (C=O) groups is 1. The van der Waals surface area contributed by atoms with Crippen LogP contribution in [0.5, 0.6) is 0 Å². The molecule has 0 fully saturated rings. The van der Waals surface area contributed by atoms with Crippen molar-refractivity contribution in [2.24, 2.45) is 5.41 Å². The van der Waals surface area contributed by atoms with Crippen molar-refractivity contribution in [1.29, 1.82) is 5.26 Å². The van der Waals surface area contributed by atoms with Crippen molar-refractivity contribution in [3.8, 4) is 6.07 Å². The highest BCUT2D eigenvalue weighted by atomic mass is 19.1. The van der Waals surface area contributed by atoms with Gasteiger partial charge in [0.2, 0.25) is 11.7 Å². The molecule has 0 aromatic heterocycles. The van der Waals surface area contributed by atoms with Gasteiger partial charge in [-0.3, -0.25) is 14.9 Å². The molecule has 0 aliphatic heterocycles. The van der Waals surface area contributed by atoms with Crippen LogP contribution in [0.1, 0.15) is 20.3 Å². The van der Waals surface area contributed by atoms with Crippen LogP contribution < -0.4 is 5.32 Å². The maximum absolute atomic E-state index is 13.5. The van der Waals surface area contributed by atoms with Crippen LogP contribution in [0.15, 0.2) is 12.1 Å². The monoisotopic (exact) mass is 283 g/mol. The molecular formula is C12H11F2N3O3. The molecule has 0 saturated carbocycles. The predicted octanol–water partition coefficient (Wildman–Crippen LogP) is 2.75. The van der Waals surface area contributed by atoms with E-state index in [9.17, 15) is 23.7 Å². The number of nitriles is 1. The molecule has 1 amide bonds. The molecule has 1 rings (SSSR count). The molecule has 1 unspecified atom stereocenters. The first-order chi connectivity index (χ1) is 9.25. The first-order valence-corrected chi connectivity index (χ1v) is 5.61. The molecule has 0 aliphatic rings. The number of hydrogen-bond acceptors (Lipinski definition) is 4. The molecule has 0 heterocycles. The lowest BCUT2D eigenvalue weighted by Crippen LogP contribution is -2.31. The van der Waals surface area contributed by atoms with E-state index < -0.39 is 39.3 Å². The highest BCUT2D eigenvalue weighted by Crippen LogP contribution is 2.28. The van der Waals surface area contributed by atoms with Gasteiger partial charge < -0.3 is 5.32 Å². The summed E-state index contributed by atoms with van der Waals surface area (Å²) in [5.74, 6) is -3.32. The highest BCUT2D eigenvalue weighted by molar-refractivity contribution is 5.97. The molecular weight excluding hydrogens is 272 g/mol. The fourth-order valence-electron chi connectivity index (χ4n) is 1.32. The second-order valence-corrected chi connectivity index (χ2v) is 4.29. The number of halogens is 2. The van der Waals surface area contributed by atoms with Crippen LogP contribution in [0.2, 0.25) is 0 Å². The Bertz CT molecular complexity index is 613. The molecule has 8 heteroatoms. The van der Waals surface area contributed by atoms with Gasteiger partial charge in [0.25, 0.3) is 0 Å². The van der Waals surface area contributed by atoms with Crippen LogP contribution >= 0.6 is 0 Å². The summed E-state index contributed by atoms with van der Waals surface area (Å²) >= 11 is 0. The highest BCUT2D eigenvalue weighted by Gasteiger charge is 2.32. The van der Waals surface area contributed by atoms with Gasteiger partial charge in [0, 0.05) is 12.1 Å². The Morgan fingerprint density at radius 3 is 2.55 bits per heavy atom. The molecule has 20 heavy (non-hydrogen) atoms. The van der Waals surface area contributed by atoms with E-state index in [4.69, 9.17) is 5.26 Å². The maximum atomic E-state index is 13.5. The first kappa shape index (κ1) is 15.5. The average Bonchev–Trinajstić information content (AvgIpc) is 2.40. The average molecular weight is 283 g/mol. The second-order valence-electron chi connectivity index (χ2n) is 4.29. The van der Waals surface area contributed by atoms with Crippen molar-refractivity contribution in [3.05, 3.63) is 33.9 Å². The molecule has 0 radical (unpaired) electrons. The van der Waals surface area contributed by atoms with E-state index >= 15 is 0 Å². The molecule has 1 N–H and O–H groups in total. The normalized spacial score (nSPS) is 13.2. The topological polar surface area (TPSA) is 96.0 Å². The van der Waals surface area contributed by atoms with Crippen LogP contribution in [-0.2, 0) is 4.79 Å². The lowest BCUT2D eigenvalue weighted by atomic mass is 9.88. The van der Waals surface area contributed by atoms with Crippen molar-refractivity contribution < 1.29 is 18.5 Å². The van der Waals surface area contributed by atoms with Crippen LogP contribution in [0, 0.1) is 38.5 Å². The van der Waals surface area contributed by atoms with Gasteiger partial charge in [-0.2, -0.15) is 9.65 Å². The summed E-state index contributed by atoms with van der Waals surface area (Å²) in [5, 5.41) is 21.5. The lowest BCUT2D eigenvalue weighted by molar-refractivity contribution is -0.387. The van der Waals surface area contributed by atoms with Crippen LogP contribution in [0.3, 0.4) is 0 Å². The minimum absolute atomic E-state index is 0.167.